The average Bonchev–Trinajstić information content (AvgIpc) is 3.60. The maximum atomic E-state index is 6.59. The minimum Gasteiger partial charge on any atom is -0.489 e. The summed E-state index contributed by atoms with van der Waals surface area (Å²) in [5, 5.41) is 11.8. The van der Waals surface area contributed by atoms with Crippen molar-refractivity contribution in [3.63, 3.8) is 0 Å². The molecule has 3 aliphatic carbocycles. The summed E-state index contributed by atoms with van der Waals surface area (Å²) in [4.78, 5) is 2.57. The van der Waals surface area contributed by atoms with Gasteiger partial charge in [0.1, 0.15) is 11.9 Å². The van der Waals surface area contributed by atoms with Crippen LogP contribution in [-0.2, 0) is 5.41 Å². The highest BCUT2D eigenvalue weighted by Crippen LogP contribution is 2.50. The monoisotopic (exact) mass is 594 g/mol. The summed E-state index contributed by atoms with van der Waals surface area (Å²) in [5.41, 5.74) is 7.82. The molecule has 228 valence electrons. The van der Waals surface area contributed by atoms with Crippen LogP contribution in [0.3, 0.4) is 0 Å². The second-order valence-electron chi connectivity index (χ2n) is 13.8. The van der Waals surface area contributed by atoms with E-state index in [1.54, 1.807) is 0 Å². The van der Waals surface area contributed by atoms with E-state index in [2.05, 4.69) is 143 Å². The van der Waals surface area contributed by atoms with Gasteiger partial charge in [-0.05, 0) is 80.0 Å². The van der Waals surface area contributed by atoms with Crippen LogP contribution in [0.1, 0.15) is 79.5 Å². The van der Waals surface area contributed by atoms with Gasteiger partial charge in [0.05, 0.1) is 30.0 Å². The topological polar surface area (TPSA) is 48.6 Å². The molecule has 5 nitrogen and oxygen atoms in total. The van der Waals surface area contributed by atoms with E-state index in [4.69, 9.17) is 4.74 Å². The zero-order chi connectivity index (χ0) is 30.0. The van der Waals surface area contributed by atoms with Crippen LogP contribution in [0, 0.1) is 5.92 Å². The Morgan fingerprint density at radius 1 is 0.800 bits per heavy atom. The van der Waals surface area contributed by atoms with E-state index in [0.29, 0.717) is 17.9 Å². The van der Waals surface area contributed by atoms with Crippen molar-refractivity contribution in [2.45, 2.75) is 81.0 Å². The smallest absolute Gasteiger partial charge is 0.124 e. The predicted octanol–water partition coefficient (Wildman–Crippen LogP) is 7.95. The summed E-state index contributed by atoms with van der Waals surface area (Å²) >= 11 is 0. The molecule has 3 aliphatic heterocycles. The number of nitrogens with one attached hydrogen (secondary N) is 3. The molecule has 6 unspecified atom stereocenters. The molecule has 3 aromatic rings. The minimum atomic E-state index is -0.0352. The molecule has 0 spiro atoms. The molecule has 0 saturated carbocycles. The van der Waals surface area contributed by atoms with Crippen molar-refractivity contribution in [3.05, 3.63) is 138 Å². The third-order valence-corrected chi connectivity index (χ3v) is 11.2. The fourth-order valence-corrected chi connectivity index (χ4v) is 8.76. The van der Waals surface area contributed by atoms with Gasteiger partial charge in [0, 0.05) is 28.8 Å². The van der Waals surface area contributed by atoms with Gasteiger partial charge in [-0.3, -0.25) is 16.0 Å². The quantitative estimate of drug-likeness (QED) is 0.268. The number of fused-ring (bicyclic) bond motifs is 6. The highest BCUT2D eigenvalue weighted by molar-refractivity contribution is 5.74. The molecule has 5 heteroatoms. The van der Waals surface area contributed by atoms with Gasteiger partial charge in [0.2, 0.25) is 0 Å². The van der Waals surface area contributed by atoms with Crippen molar-refractivity contribution < 1.29 is 4.74 Å². The average molecular weight is 595 g/mol. The van der Waals surface area contributed by atoms with Gasteiger partial charge >= 0.3 is 0 Å². The third-order valence-electron chi connectivity index (χ3n) is 11.2. The lowest BCUT2D eigenvalue weighted by Crippen LogP contribution is -2.61. The van der Waals surface area contributed by atoms with Crippen LogP contribution in [0.25, 0.3) is 0 Å². The molecule has 0 aromatic heterocycles. The van der Waals surface area contributed by atoms with E-state index < -0.39 is 0 Å². The molecular weight excluding hydrogens is 552 g/mol. The molecule has 45 heavy (non-hydrogen) atoms. The van der Waals surface area contributed by atoms with Crippen molar-refractivity contribution in [2.24, 2.45) is 5.92 Å². The second-order valence-corrected chi connectivity index (χ2v) is 13.8. The molecule has 0 bridgehead atoms. The molecular formula is C40H42N4O. The van der Waals surface area contributed by atoms with Gasteiger partial charge in [-0.1, -0.05) is 91.1 Å². The lowest BCUT2D eigenvalue weighted by atomic mass is 9.74. The number of anilines is 2. The van der Waals surface area contributed by atoms with Gasteiger partial charge in [0.15, 0.2) is 0 Å². The minimum absolute atomic E-state index is 0.0201. The summed E-state index contributed by atoms with van der Waals surface area (Å²) in [6.45, 7) is 2.33. The number of rotatable bonds is 4. The molecule has 3 N–H and O–H groups in total. The number of hydrogen-bond donors (Lipinski definition) is 3. The Morgan fingerprint density at radius 3 is 2.56 bits per heavy atom. The predicted molar refractivity (Wildman–Crippen MR) is 182 cm³/mol. The van der Waals surface area contributed by atoms with E-state index in [1.807, 2.05) is 0 Å². The van der Waals surface area contributed by atoms with Crippen LogP contribution in [0.4, 0.5) is 11.4 Å². The van der Waals surface area contributed by atoms with E-state index >= 15 is 0 Å². The number of hydrogen-bond acceptors (Lipinski definition) is 5. The Morgan fingerprint density at radius 2 is 1.67 bits per heavy atom. The first-order chi connectivity index (χ1) is 22.2. The lowest BCUT2D eigenvalue weighted by Gasteiger charge is -2.42. The van der Waals surface area contributed by atoms with Crippen LogP contribution < -0.4 is 25.6 Å². The van der Waals surface area contributed by atoms with Crippen LogP contribution in [-0.4, -0.2) is 18.3 Å². The largest absolute Gasteiger partial charge is 0.489 e. The maximum Gasteiger partial charge on any atom is 0.124 e. The van der Waals surface area contributed by atoms with Crippen molar-refractivity contribution >= 4 is 11.4 Å². The van der Waals surface area contributed by atoms with Gasteiger partial charge in [-0.15, -0.1) is 0 Å². The van der Waals surface area contributed by atoms with E-state index in [-0.39, 0.29) is 30.0 Å². The van der Waals surface area contributed by atoms with Crippen molar-refractivity contribution in [1.82, 2.24) is 16.0 Å². The molecule has 3 aromatic carbocycles. The van der Waals surface area contributed by atoms with Crippen molar-refractivity contribution in [1.29, 1.82) is 0 Å². The fourth-order valence-electron chi connectivity index (χ4n) is 8.76. The van der Waals surface area contributed by atoms with Crippen molar-refractivity contribution in [3.8, 4) is 5.75 Å². The van der Waals surface area contributed by atoms with Crippen LogP contribution in [0.5, 0.6) is 5.75 Å². The van der Waals surface area contributed by atoms with Crippen LogP contribution in [0.2, 0.25) is 0 Å². The molecule has 0 amide bonds. The first-order valence-corrected chi connectivity index (χ1v) is 16.9. The molecule has 9 rings (SSSR count). The lowest BCUT2D eigenvalue weighted by molar-refractivity contribution is 0.162. The zero-order valence-corrected chi connectivity index (χ0v) is 25.9. The second kappa shape index (κ2) is 10.9. The highest BCUT2D eigenvalue weighted by Gasteiger charge is 2.45. The molecule has 0 radical (unpaired) electrons. The van der Waals surface area contributed by atoms with Gasteiger partial charge in [-0.25, -0.2) is 0 Å². The molecule has 6 aliphatic rings. The summed E-state index contributed by atoms with van der Waals surface area (Å²) in [7, 11) is 0. The van der Waals surface area contributed by atoms with Crippen LogP contribution >= 0.6 is 0 Å². The Balaban J connectivity index is 1.05. The molecule has 1 fully saturated rings. The maximum absolute atomic E-state index is 6.59. The Labute approximate surface area is 266 Å². The molecule has 1 saturated heterocycles. The standard InChI is InChI=1S/C40H42N4O/c1-40-23-10-9-20-36(40)45-35-25-28(21-22-32(35)40)39-42-37(26-12-3-2-4-13-26)41-38(43-39)27-14-11-15-29(24-27)44-33-18-7-5-16-30(33)31-17-6-8-19-34(31)44/h2-5,7-8,10-12,14-16,18-19,21-26,31,34,36-39,41-43H,6,9,13,17,20H2,1H3/t26?,31?,34?,36?,37?,38?,39-,40-/m0/s1. The fraction of sp³-hybridized carbons (Fsp3) is 0.350. The van der Waals surface area contributed by atoms with Crippen LogP contribution in [0.15, 0.2) is 115 Å². The molecule has 8 atom stereocenters. The normalized spacial score (nSPS) is 34.2. The van der Waals surface area contributed by atoms with Crippen molar-refractivity contribution in [2.75, 3.05) is 4.90 Å². The SMILES string of the molecule is C[C@@]12C=CCCC1Oc1cc([C@@H]3NC(c4cccc(N5c6ccccc6C6CCC=CC65)c4)NC(C4C=CC=CC4)N3)ccc12. The number of nitrogens with zero attached hydrogens (tertiary/aromatic N) is 1. The van der Waals surface area contributed by atoms with E-state index in [0.717, 1.165) is 31.4 Å². The third kappa shape index (κ3) is 4.55. The molecule has 3 heterocycles. The number of para-hydroxylation sites is 1. The summed E-state index contributed by atoms with van der Waals surface area (Å²) in [5.74, 6) is 1.95. The number of ether oxygens (including phenoxy) is 1. The zero-order valence-electron chi connectivity index (χ0n) is 25.9. The van der Waals surface area contributed by atoms with E-state index in [9.17, 15) is 0 Å². The summed E-state index contributed by atoms with van der Waals surface area (Å²) in [6, 6.07) is 25.4. The van der Waals surface area contributed by atoms with Gasteiger partial charge < -0.3 is 9.64 Å². The van der Waals surface area contributed by atoms with Gasteiger partial charge in [-0.2, -0.15) is 0 Å². The Hall–Kier alpha value is -3.90. The first kappa shape index (κ1) is 27.4. The summed E-state index contributed by atoms with van der Waals surface area (Å²) in [6.07, 6.45) is 24.3. The number of allylic oxidation sites excluding steroid dienone is 5. The first-order valence-electron chi connectivity index (χ1n) is 16.9. The number of benzene rings is 3. The highest BCUT2D eigenvalue weighted by atomic mass is 16.5. The Bertz CT molecular complexity index is 1740. The summed E-state index contributed by atoms with van der Waals surface area (Å²) < 4.78 is 6.59. The van der Waals surface area contributed by atoms with Gasteiger partial charge in [0.25, 0.3) is 0 Å². The van der Waals surface area contributed by atoms with E-state index in [1.165, 1.54) is 40.0 Å². The Kier molecular flexibility index (Phi) is 6.62.